The predicted octanol–water partition coefficient (Wildman–Crippen LogP) is 1.66. The summed E-state index contributed by atoms with van der Waals surface area (Å²) in [5.74, 6) is -0.490. The molecule has 0 saturated carbocycles. The fourth-order valence-electron chi connectivity index (χ4n) is 2.87. The van der Waals surface area contributed by atoms with Gasteiger partial charge in [-0.05, 0) is 44.4 Å². The second kappa shape index (κ2) is 5.94. The van der Waals surface area contributed by atoms with Crippen LogP contribution in [0.15, 0.2) is 11.8 Å². The van der Waals surface area contributed by atoms with Gasteiger partial charge < -0.3 is 10.4 Å². The zero-order valence-electron chi connectivity index (χ0n) is 11.0. The number of nitrogens with one attached hydrogen (secondary N) is 1. The molecule has 2 aliphatic rings. The first kappa shape index (κ1) is 14.4. The molecular weight excluding hydrogens is 266 g/mol. The Morgan fingerprint density at radius 2 is 2.16 bits per heavy atom. The molecule has 2 rings (SSSR count). The third-order valence-corrected chi connectivity index (χ3v) is 6.00. The Kier molecular flexibility index (Phi) is 4.50. The highest BCUT2D eigenvalue weighted by atomic mass is 32.2. The number of carboxylic acids is 1. The Bertz CT molecular complexity index is 469. The van der Waals surface area contributed by atoms with Crippen molar-refractivity contribution in [3.05, 3.63) is 11.8 Å². The van der Waals surface area contributed by atoms with Crippen molar-refractivity contribution in [1.82, 2.24) is 5.32 Å². The highest BCUT2D eigenvalue weighted by Crippen LogP contribution is 2.33. The third kappa shape index (κ3) is 3.72. The van der Waals surface area contributed by atoms with Gasteiger partial charge in [0.2, 0.25) is 0 Å². The van der Waals surface area contributed by atoms with Gasteiger partial charge >= 0.3 is 5.97 Å². The third-order valence-electron chi connectivity index (χ3n) is 3.92. The standard InChI is InChI=1S/C13H21NO4S/c15-13(16)6-3-9-19(17,18)12-8-7-10-4-1-2-5-11(10)14-12/h5,10,12,14H,1-4,6-9H2,(H,15,16). The number of hydrogen-bond donors (Lipinski definition) is 2. The molecule has 0 radical (unpaired) electrons. The van der Waals surface area contributed by atoms with Gasteiger partial charge in [0.1, 0.15) is 5.37 Å². The molecule has 5 nitrogen and oxygen atoms in total. The monoisotopic (exact) mass is 287 g/mol. The summed E-state index contributed by atoms with van der Waals surface area (Å²) >= 11 is 0. The van der Waals surface area contributed by atoms with Crippen LogP contribution >= 0.6 is 0 Å². The maximum absolute atomic E-state index is 12.2. The Labute approximate surface area is 114 Å². The van der Waals surface area contributed by atoms with Crippen LogP contribution < -0.4 is 5.32 Å². The van der Waals surface area contributed by atoms with Gasteiger partial charge in [0, 0.05) is 12.1 Å². The Balaban J connectivity index is 1.94. The molecule has 19 heavy (non-hydrogen) atoms. The van der Waals surface area contributed by atoms with E-state index in [2.05, 4.69) is 11.4 Å². The van der Waals surface area contributed by atoms with E-state index in [4.69, 9.17) is 5.11 Å². The fourth-order valence-corrected chi connectivity index (χ4v) is 4.51. The van der Waals surface area contributed by atoms with Crippen molar-refractivity contribution in [2.24, 2.45) is 5.92 Å². The van der Waals surface area contributed by atoms with Gasteiger partial charge in [-0.15, -0.1) is 0 Å². The first-order chi connectivity index (χ1) is 8.99. The lowest BCUT2D eigenvalue weighted by molar-refractivity contribution is -0.137. The van der Waals surface area contributed by atoms with Gasteiger partial charge in [-0.3, -0.25) is 4.79 Å². The Morgan fingerprint density at radius 3 is 2.89 bits per heavy atom. The molecule has 0 amide bonds. The molecule has 1 heterocycles. The molecule has 2 unspecified atom stereocenters. The van der Waals surface area contributed by atoms with Crippen molar-refractivity contribution in [3.8, 4) is 0 Å². The van der Waals surface area contributed by atoms with Crippen LogP contribution in [0.3, 0.4) is 0 Å². The molecule has 1 saturated heterocycles. The number of carboxylic acid groups (broad SMARTS) is 1. The maximum Gasteiger partial charge on any atom is 0.303 e. The smallest absolute Gasteiger partial charge is 0.303 e. The summed E-state index contributed by atoms with van der Waals surface area (Å²) < 4.78 is 24.3. The summed E-state index contributed by atoms with van der Waals surface area (Å²) in [6, 6.07) is 0. The lowest BCUT2D eigenvalue weighted by atomic mass is 9.86. The number of sulfone groups is 1. The Hall–Kier alpha value is -1.04. The molecule has 2 N–H and O–H groups in total. The average Bonchev–Trinajstić information content (AvgIpc) is 2.37. The van der Waals surface area contributed by atoms with E-state index in [1.165, 1.54) is 6.42 Å². The predicted molar refractivity (Wildman–Crippen MR) is 72.2 cm³/mol. The van der Waals surface area contributed by atoms with Crippen LogP contribution in [0.1, 0.15) is 44.9 Å². The van der Waals surface area contributed by atoms with Crippen molar-refractivity contribution in [3.63, 3.8) is 0 Å². The van der Waals surface area contributed by atoms with Gasteiger partial charge in [-0.1, -0.05) is 6.08 Å². The molecule has 6 heteroatoms. The molecule has 1 fully saturated rings. The van der Waals surface area contributed by atoms with E-state index in [-0.39, 0.29) is 18.6 Å². The molecule has 0 aromatic heterocycles. The minimum absolute atomic E-state index is 0.0467. The van der Waals surface area contributed by atoms with Gasteiger partial charge in [0.05, 0.1) is 5.75 Å². The normalized spacial score (nSPS) is 27.1. The van der Waals surface area contributed by atoms with Gasteiger partial charge in [-0.2, -0.15) is 0 Å². The Morgan fingerprint density at radius 1 is 1.37 bits per heavy atom. The summed E-state index contributed by atoms with van der Waals surface area (Å²) in [6.07, 6.45) is 7.13. The van der Waals surface area contributed by atoms with E-state index in [1.807, 2.05) is 0 Å². The van der Waals surface area contributed by atoms with Crippen molar-refractivity contribution in [1.29, 1.82) is 0 Å². The lowest BCUT2D eigenvalue weighted by Gasteiger charge is -2.35. The lowest BCUT2D eigenvalue weighted by Crippen LogP contribution is -2.44. The minimum atomic E-state index is -3.24. The highest BCUT2D eigenvalue weighted by molar-refractivity contribution is 7.91. The number of carbonyl (C=O) groups is 1. The second-order valence-corrected chi connectivity index (χ2v) is 7.66. The van der Waals surface area contributed by atoms with E-state index in [1.54, 1.807) is 0 Å². The van der Waals surface area contributed by atoms with Crippen molar-refractivity contribution >= 4 is 15.8 Å². The van der Waals surface area contributed by atoms with E-state index in [9.17, 15) is 13.2 Å². The minimum Gasteiger partial charge on any atom is -0.481 e. The number of rotatable bonds is 5. The summed E-state index contributed by atoms with van der Waals surface area (Å²) in [6.45, 7) is 0. The van der Waals surface area contributed by atoms with Crippen molar-refractivity contribution < 1.29 is 18.3 Å². The van der Waals surface area contributed by atoms with E-state index in [0.717, 1.165) is 25.0 Å². The van der Waals surface area contributed by atoms with Crippen LogP contribution in [-0.4, -0.2) is 30.6 Å². The number of allylic oxidation sites excluding steroid dienone is 2. The van der Waals surface area contributed by atoms with Crippen LogP contribution in [-0.2, 0) is 14.6 Å². The topological polar surface area (TPSA) is 83.5 Å². The number of aliphatic carboxylic acids is 1. The zero-order valence-corrected chi connectivity index (χ0v) is 11.8. The summed E-state index contributed by atoms with van der Waals surface area (Å²) in [4.78, 5) is 10.4. The molecule has 0 spiro atoms. The summed E-state index contributed by atoms with van der Waals surface area (Å²) in [5.41, 5.74) is 1.09. The van der Waals surface area contributed by atoms with Gasteiger partial charge in [0.25, 0.3) is 0 Å². The molecule has 1 aliphatic heterocycles. The van der Waals surface area contributed by atoms with Gasteiger partial charge in [0.15, 0.2) is 9.84 Å². The molecular formula is C13H21NO4S. The number of hydrogen-bond acceptors (Lipinski definition) is 4. The fraction of sp³-hybridized carbons (Fsp3) is 0.769. The number of fused-ring (bicyclic) bond motifs is 1. The largest absolute Gasteiger partial charge is 0.481 e. The summed E-state index contributed by atoms with van der Waals surface area (Å²) in [7, 11) is -3.24. The van der Waals surface area contributed by atoms with E-state index >= 15 is 0 Å². The van der Waals surface area contributed by atoms with Crippen LogP contribution in [0.25, 0.3) is 0 Å². The van der Waals surface area contributed by atoms with Crippen molar-refractivity contribution in [2.45, 2.75) is 50.3 Å². The van der Waals surface area contributed by atoms with E-state index in [0.29, 0.717) is 12.3 Å². The van der Waals surface area contributed by atoms with E-state index < -0.39 is 21.2 Å². The highest BCUT2D eigenvalue weighted by Gasteiger charge is 2.33. The van der Waals surface area contributed by atoms with Crippen LogP contribution in [0.2, 0.25) is 0 Å². The molecule has 0 aromatic rings. The molecule has 2 atom stereocenters. The summed E-state index contributed by atoms with van der Waals surface area (Å²) in [5, 5.41) is 11.2. The average molecular weight is 287 g/mol. The molecule has 0 aromatic carbocycles. The van der Waals surface area contributed by atoms with Gasteiger partial charge in [-0.25, -0.2) is 8.42 Å². The molecule has 1 aliphatic carbocycles. The quantitative estimate of drug-likeness (QED) is 0.803. The first-order valence-corrected chi connectivity index (χ1v) is 8.60. The van der Waals surface area contributed by atoms with Crippen LogP contribution in [0.4, 0.5) is 0 Å². The van der Waals surface area contributed by atoms with Crippen LogP contribution in [0, 0.1) is 5.92 Å². The maximum atomic E-state index is 12.2. The number of piperidine rings is 1. The zero-order chi connectivity index (χ0) is 13.9. The van der Waals surface area contributed by atoms with Crippen LogP contribution in [0.5, 0.6) is 0 Å². The SMILES string of the molecule is O=C(O)CCCS(=O)(=O)C1CCC2CCCC=C2N1. The van der Waals surface area contributed by atoms with Crippen molar-refractivity contribution in [2.75, 3.05) is 5.75 Å². The second-order valence-electron chi connectivity index (χ2n) is 5.36. The molecule has 108 valence electrons. The first-order valence-electron chi connectivity index (χ1n) is 6.89. The molecule has 0 bridgehead atoms.